The summed E-state index contributed by atoms with van der Waals surface area (Å²) in [6.07, 6.45) is 1.20. The molecule has 0 aromatic heterocycles. The zero-order valence-electron chi connectivity index (χ0n) is 6.92. The predicted molar refractivity (Wildman–Crippen MR) is 48.4 cm³/mol. The summed E-state index contributed by atoms with van der Waals surface area (Å²) in [5.41, 5.74) is 2.34. The van der Waals surface area contributed by atoms with E-state index in [1.807, 2.05) is 0 Å². The van der Waals surface area contributed by atoms with Crippen molar-refractivity contribution in [1.82, 2.24) is 5.43 Å². The number of hydrogen-bond donors (Lipinski definition) is 2. The van der Waals surface area contributed by atoms with E-state index in [4.69, 9.17) is 5.84 Å². The SMILES string of the molecule is CC(C)(CNN)S(C)(=O)=O.Cl. The summed E-state index contributed by atoms with van der Waals surface area (Å²) in [4.78, 5) is 0. The lowest BCUT2D eigenvalue weighted by molar-refractivity contribution is 0.528. The second-order valence-corrected chi connectivity index (χ2v) is 5.56. The van der Waals surface area contributed by atoms with Gasteiger partial charge < -0.3 is 0 Å². The number of nitrogens with one attached hydrogen (secondary N) is 1. The third kappa shape index (κ3) is 3.91. The average molecular weight is 203 g/mol. The Morgan fingerprint density at radius 2 is 1.82 bits per heavy atom. The van der Waals surface area contributed by atoms with Gasteiger partial charge >= 0.3 is 0 Å². The molecule has 4 nitrogen and oxygen atoms in total. The molecule has 0 atom stereocenters. The van der Waals surface area contributed by atoms with Crippen molar-refractivity contribution in [3.8, 4) is 0 Å². The van der Waals surface area contributed by atoms with E-state index in [2.05, 4.69) is 5.43 Å². The zero-order chi connectivity index (χ0) is 8.41. The number of hydrazine groups is 1. The van der Waals surface area contributed by atoms with Crippen LogP contribution in [0.5, 0.6) is 0 Å². The molecule has 0 rings (SSSR count). The lowest BCUT2D eigenvalue weighted by atomic mass is 10.2. The van der Waals surface area contributed by atoms with Gasteiger partial charge in [-0.3, -0.25) is 11.3 Å². The Balaban J connectivity index is 0. The fourth-order valence-corrected chi connectivity index (χ4v) is 0.722. The van der Waals surface area contributed by atoms with Crippen molar-refractivity contribution in [3.63, 3.8) is 0 Å². The molecule has 0 saturated heterocycles. The molecule has 0 amide bonds. The minimum atomic E-state index is -3.01. The minimum Gasteiger partial charge on any atom is -0.271 e. The minimum absolute atomic E-state index is 0. The Hall–Kier alpha value is 0.160. The molecule has 0 unspecified atom stereocenters. The molecule has 70 valence electrons. The van der Waals surface area contributed by atoms with Crippen LogP contribution in [0.4, 0.5) is 0 Å². The number of halogens is 1. The van der Waals surface area contributed by atoms with Gasteiger partial charge in [-0.1, -0.05) is 0 Å². The van der Waals surface area contributed by atoms with Crippen LogP contribution in [-0.2, 0) is 9.84 Å². The van der Waals surface area contributed by atoms with Crippen LogP contribution in [0.2, 0.25) is 0 Å². The number of rotatable bonds is 3. The van der Waals surface area contributed by atoms with Gasteiger partial charge in [0.05, 0.1) is 4.75 Å². The van der Waals surface area contributed by atoms with Crippen LogP contribution in [0, 0.1) is 0 Å². The van der Waals surface area contributed by atoms with Gasteiger partial charge in [0.1, 0.15) is 0 Å². The van der Waals surface area contributed by atoms with Crippen LogP contribution in [0.25, 0.3) is 0 Å². The highest BCUT2D eigenvalue weighted by Gasteiger charge is 2.28. The summed E-state index contributed by atoms with van der Waals surface area (Å²) in [5, 5.41) is 0. The Labute approximate surface area is 73.8 Å². The smallest absolute Gasteiger partial charge is 0.153 e. The molecular weight excluding hydrogens is 188 g/mol. The highest BCUT2D eigenvalue weighted by molar-refractivity contribution is 7.92. The maximum absolute atomic E-state index is 10.9. The largest absolute Gasteiger partial charge is 0.271 e. The predicted octanol–water partition coefficient (Wildman–Crippen LogP) is -0.305. The van der Waals surface area contributed by atoms with Gasteiger partial charge in [-0.2, -0.15) is 0 Å². The van der Waals surface area contributed by atoms with Crippen LogP contribution in [-0.4, -0.2) is 26.0 Å². The molecule has 0 heterocycles. The van der Waals surface area contributed by atoms with Gasteiger partial charge in [0, 0.05) is 12.8 Å². The van der Waals surface area contributed by atoms with E-state index in [9.17, 15) is 8.42 Å². The molecule has 0 radical (unpaired) electrons. The van der Waals surface area contributed by atoms with Crippen LogP contribution in [0.1, 0.15) is 13.8 Å². The first-order valence-corrected chi connectivity index (χ1v) is 4.83. The van der Waals surface area contributed by atoms with E-state index in [0.29, 0.717) is 0 Å². The highest BCUT2D eigenvalue weighted by Crippen LogP contribution is 2.12. The van der Waals surface area contributed by atoms with Gasteiger partial charge in [-0.25, -0.2) is 8.42 Å². The number of sulfone groups is 1. The van der Waals surface area contributed by atoms with Gasteiger partial charge in [0.15, 0.2) is 9.84 Å². The van der Waals surface area contributed by atoms with E-state index < -0.39 is 14.6 Å². The van der Waals surface area contributed by atoms with Crippen LogP contribution in [0.3, 0.4) is 0 Å². The summed E-state index contributed by atoms with van der Waals surface area (Å²) in [5.74, 6) is 5.00. The molecule has 3 N–H and O–H groups in total. The first-order valence-electron chi connectivity index (χ1n) is 2.94. The van der Waals surface area contributed by atoms with E-state index in [-0.39, 0.29) is 19.0 Å². The topological polar surface area (TPSA) is 72.2 Å². The van der Waals surface area contributed by atoms with Crippen LogP contribution < -0.4 is 11.3 Å². The fraction of sp³-hybridized carbons (Fsp3) is 1.00. The quantitative estimate of drug-likeness (QED) is 0.487. The van der Waals surface area contributed by atoms with Gasteiger partial charge in [0.2, 0.25) is 0 Å². The Kier molecular flexibility index (Phi) is 5.31. The molecule has 6 heteroatoms. The van der Waals surface area contributed by atoms with Gasteiger partial charge in [-0.15, -0.1) is 12.4 Å². The molecule has 0 spiro atoms. The Bertz CT molecular complexity index is 201. The lowest BCUT2D eigenvalue weighted by Gasteiger charge is -2.20. The molecule has 0 aromatic rings. The van der Waals surface area contributed by atoms with Crippen molar-refractivity contribution in [2.45, 2.75) is 18.6 Å². The first kappa shape index (κ1) is 13.7. The second-order valence-electron chi connectivity index (χ2n) is 2.91. The zero-order valence-corrected chi connectivity index (χ0v) is 8.55. The lowest BCUT2D eigenvalue weighted by Crippen LogP contribution is -2.44. The van der Waals surface area contributed by atoms with Crippen molar-refractivity contribution >= 4 is 22.2 Å². The standard InChI is InChI=1S/C5H14N2O2S.ClH/c1-5(2,4-7-6)10(3,8)9;/h7H,4,6H2,1-3H3;1H. The van der Waals surface area contributed by atoms with Gasteiger partial charge in [-0.05, 0) is 13.8 Å². The van der Waals surface area contributed by atoms with E-state index in [0.717, 1.165) is 0 Å². The van der Waals surface area contributed by atoms with E-state index in [1.54, 1.807) is 13.8 Å². The molecule has 11 heavy (non-hydrogen) atoms. The normalized spacial score (nSPS) is 12.4. The summed E-state index contributed by atoms with van der Waals surface area (Å²) in [6, 6.07) is 0. The fourth-order valence-electron chi connectivity index (χ4n) is 0.377. The summed E-state index contributed by atoms with van der Waals surface area (Å²) >= 11 is 0. The Morgan fingerprint density at radius 3 is 1.91 bits per heavy atom. The maximum Gasteiger partial charge on any atom is 0.153 e. The van der Waals surface area contributed by atoms with Crippen molar-refractivity contribution in [1.29, 1.82) is 0 Å². The third-order valence-corrected chi connectivity index (χ3v) is 3.68. The molecule has 0 saturated carbocycles. The van der Waals surface area contributed by atoms with Crippen molar-refractivity contribution in [3.05, 3.63) is 0 Å². The molecule has 0 aliphatic heterocycles. The monoisotopic (exact) mass is 202 g/mol. The molecule has 0 aliphatic carbocycles. The molecule has 0 aromatic carbocycles. The van der Waals surface area contributed by atoms with Crippen LogP contribution >= 0.6 is 12.4 Å². The van der Waals surface area contributed by atoms with Crippen LogP contribution in [0.15, 0.2) is 0 Å². The second kappa shape index (κ2) is 4.25. The van der Waals surface area contributed by atoms with Crippen molar-refractivity contribution in [2.24, 2.45) is 5.84 Å². The molecule has 0 aliphatic rings. The summed E-state index contributed by atoms with van der Waals surface area (Å²) < 4.78 is 21.1. The molecule has 0 fully saturated rings. The summed E-state index contributed by atoms with van der Waals surface area (Å²) in [7, 11) is -3.01. The third-order valence-electron chi connectivity index (χ3n) is 1.53. The summed E-state index contributed by atoms with van der Waals surface area (Å²) in [6.45, 7) is 3.52. The van der Waals surface area contributed by atoms with E-state index >= 15 is 0 Å². The molecule has 0 bridgehead atoms. The average Bonchev–Trinajstić information content (AvgIpc) is 1.61. The molecular formula is C5H15ClN2O2S. The Morgan fingerprint density at radius 1 is 1.45 bits per heavy atom. The van der Waals surface area contributed by atoms with Crippen molar-refractivity contribution in [2.75, 3.05) is 12.8 Å². The highest BCUT2D eigenvalue weighted by atomic mass is 35.5. The van der Waals surface area contributed by atoms with Gasteiger partial charge in [0.25, 0.3) is 0 Å². The maximum atomic E-state index is 10.9. The number of nitrogens with two attached hydrogens (primary N) is 1. The van der Waals surface area contributed by atoms with Crippen molar-refractivity contribution < 1.29 is 8.42 Å². The van der Waals surface area contributed by atoms with E-state index in [1.165, 1.54) is 6.26 Å². The number of hydrogen-bond acceptors (Lipinski definition) is 4. The first-order chi connectivity index (χ1) is 4.31.